The van der Waals surface area contributed by atoms with Gasteiger partial charge in [0, 0.05) is 11.0 Å². The largest absolute Gasteiger partial charge is 0.497 e. The second-order valence-electron chi connectivity index (χ2n) is 5.36. The minimum atomic E-state index is 0.488. The van der Waals surface area contributed by atoms with Crippen molar-refractivity contribution in [1.82, 2.24) is 10.9 Å². The maximum absolute atomic E-state index is 5.26. The molecule has 0 atom stereocenters. The van der Waals surface area contributed by atoms with Crippen molar-refractivity contribution in [2.45, 2.75) is 38.1 Å². The molecule has 0 unspecified atom stereocenters. The van der Waals surface area contributed by atoms with Gasteiger partial charge in [0.2, 0.25) is 0 Å². The molecular formula is C16H21N3OS. The summed E-state index contributed by atoms with van der Waals surface area (Å²) in [5.41, 5.74) is 8.58. The van der Waals surface area contributed by atoms with Crippen molar-refractivity contribution in [3.63, 3.8) is 0 Å². The molecule has 2 aliphatic rings. The van der Waals surface area contributed by atoms with Crippen molar-refractivity contribution in [3.8, 4) is 5.75 Å². The quantitative estimate of drug-likeness (QED) is 0.897. The van der Waals surface area contributed by atoms with Gasteiger partial charge >= 0.3 is 0 Å². The molecule has 1 aliphatic carbocycles. The standard InChI is InChI=1S/C16H21N3OS/c1-20-14-9-5-6-12(10-14)15-11-21-16(19-18-15)17-13-7-3-2-4-8-13/h5-6,9-11,13,18H,2-4,7-8H2,1H3,(H,17,19). The lowest BCUT2D eigenvalue weighted by Gasteiger charge is -2.23. The van der Waals surface area contributed by atoms with Crippen LogP contribution in [0.25, 0.3) is 5.70 Å². The highest BCUT2D eigenvalue weighted by Gasteiger charge is 2.15. The summed E-state index contributed by atoms with van der Waals surface area (Å²) in [6.07, 6.45) is 6.42. The molecule has 1 heterocycles. The summed E-state index contributed by atoms with van der Waals surface area (Å²) in [5, 5.41) is 3.07. The molecule has 1 aromatic carbocycles. The Morgan fingerprint density at radius 3 is 2.76 bits per heavy atom. The van der Waals surface area contributed by atoms with Crippen molar-refractivity contribution in [2.75, 3.05) is 7.11 Å². The van der Waals surface area contributed by atoms with Gasteiger partial charge in [0.15, 0.2) is 5.17 Å². The number of nitrogens with zero attached hydrogens (tertiary/aromatic N) is 1. The first-order valence-corrected chi connectivity index (χ1v) is 8.34. The molecule has 1 aromatic rings. The maximum atomic E-state index is 5.26. The fourth-order valence-electron chi connectivity index (χ4n) is 2.66. The number of rotatable bonds is 3. The summed E-state index contributed by atoms with van der Waals surface area (Å²) < 4.78 is 5.26. The zero-order valence-corrected chi connectivity index (χ0v) is 13.1. The molecule has 0 radical (unpaired) electrons. The zero-order chi connectivity index (χ0) is 14.5. The van der Waals surface area contributed by atoms with Gasteiger partial charge in [-0.15, -0.1) is 0 Å². The van der Waals surface area contributed by atoms with Crippen LogP contribution in [0.15, 0.2) is 34.7 Å². The summed E-state index contributed by atoms with van der Waals surface area (Å²) in [6, 6.07) is 8.51. The van der Waals surface area contributed by atoms with E-state index in [2.05, 4.69) is 22.3 Å². The average molecular weight is 303 g/mol. The highest BCUT2D eigenvalue weighted by molar-refractivity contribution is 8.16. The summed E-state index contributed by atoms with van der Waals surface area (Å²) in [6.45, 7) is 0. The van der Waals surface area contributed by atoms with Gasteiger partial charge in [-0.3, -0.25) is 15.8 Å². The molecule has 2 N–H and O–H groups in total. The lowest BCUT2D eigenvalue weighted by atomic mass is 9.96. The molecule has 112 valence electrons. The molecular weight excluding hydrogens is 282 g/mol. The lowest BCUT2D eigenvalue weighted by molar-refractivity contribution is 0.414. The van der Waals surface area contributed by atoms with Gasteiger partial charge in [0.05, 0.1) is 18.8 Å². The Bertz CT molecular complexity index is 550. The predicted octanol–water partition coefficient (Wildman–Crippen LogP) is 3.52. The smallest absolute Gasteiger partial charge is 0.180 e. The number of hydrogen-bond donors (Lipinski definition) is 2. The first-order valence-electron chi connectivity index (χ1n) is 7.46. The van der Waals surface area contributed by atoms with Crippen LogP contribution in [0, 0.1) is 0 Å². The molecule has 1 aliphatic heterocycles. The first-order chi connectivity index (χ1) is 10.3. The van der Waals surface area contributed by atoms with E-state index < -0.39 is 0 Å². The third kappa shape index (κ3) is 3.73. The maximum Gasteiger partial charge on any atom is 0.180 e. The second kappa shape index (κ2) is 6.89. The van der Waals surface area contributed by atoms with E-state index in [1.807, 2.05) is 18.2 Å². The van der Waals surface area contributed by atoms with Crippen LogP contribution < -0.4 is 15.6 Å². The molecule has 1 saturated carbocycles. The highest BCUT2D eigenvalue weighted by Crippen LogP contribution is 2.25. The molecule has 3 rings (SSSR count). The van der Waals surface area contributed by atoms with Gasteiger partial charge in [0.25, 0.3) is 0 Å². The molecule has 1 fully saturated rings. The van der Waals surface area contributed by atoms with E-state index in [1.54, 1.807) is 18.9 Å². The summed E-state index contributed by atoms with van der Waals surface area (Å²) >= 11 is 1.65. The number of ether oxygens (including phenoxy) is 1. The second-order valence-corrected chi connectivity index (χ2v) is 6.22. The van der Waals surface area contributed by atoms with E-state index in [-0.39, 0.29) is 0 Å². The van der Waals surface area contributed by atoms with Gasteiger partial charge < -0.3 is 4.74 Å². The van der Waals surface area contributed by atoms with Crippen LogP contribution >= 0.6 is 11.8 Å². The molecule has 0 aromatic heterocycles. The lowest BCUT2D eigenvalue weighted by Crippen LogP contribution is -2.37. The highest BCUT2D eigenvalue weighted by atomic mass is 32.2. The van der Waals surface area contributed by atoms with E-state index in [0.717, 1.165) is 22.2 Å². The number of aliphatic imine (C=N–C) groups is 1. The summed E-state index contributed by atoms with van der Waals surface area (Å²) in [7, 11) is 1.68. The number of methoxy groups -OCH3 is 1. The third-order valence-electron chi connectivity index (χ3n) is 3.85. The number of hydrazine groups is 1. The summed E-state index contributed by atoms with van der Waals surface area (Å²) in [5.74, 6) is 0.863. The average Bonchev–Trinajstić information content (AvgIpc) is 2.56. The third-order valence-corrected chi connectivity index (χ3v) is 4.63. The van der Waals surface area contributed by atoms with Crippen LogP contribution in [0.3, 0.4) is 0 Å². The van der Waals surface area contributed by atoms with E-state index in [9.17, 15) is 0 Å². The molecule has 0 amide bonds. The van der Waals surface area contributed by atoms with Crippen LogP contribution in [-0.2, 0) is 0 Å². The van der Waals surface area contributed by atoms with Crippen molar-refractivity contribution in [1.29, 1.82) is 0 Å². The number of benzene rings is 1. The number of amidine groups is 1. The predicted molar refractivity (Wildman–Crippen MR) is 89.1 cm³/mol. The Hall–Kier alpha value is -1.62. The Labute approximate surface area is 130 Å². The van der Waals surface area contributed by atoms with Gasteiger partial charge in [0.1, 0.15) is 5.75 Å². The Morgan fingerprint density at radius 2 is 2.05 bits per heavy atom. The van der Waals surface area contributed by atoms with Crippen LogP contribution in [0.1, 0.15) is 37.7 Å². The Balaban J connectivity index is 1.66. The first kappa shape index (κ1) is 14.3. The fraction of sp³-hybridized carbons (Fsp3) is 0.438. The SMILES string of the molecule is COc1cccc(C2=CSC(=NC3CCCCC3)NN2)c1. The minimum Gasteiger partial charge on any atom is -0.497 e. The van der Waals surface area contributed by atoms with E-state index in [4.69, 9.17) is 9.73 Å². The minimum absolute atomic E-state index is 0.488. The van der Waals surface area contributed by atoms with E-state index in [0.29, 0.717) is 6.04 Å². The topological polar surface area (TPSA) is 45.6 Å². The molecule has 5 heteroatoms. The van der Waals surface area contributed by atoms with Gasteiger partial charge in [-0.1, -0.05) is 43.2 Å². The van der Waals surface area contributed by atoms with Crippen LogP contribution in [0.2, 0.25) is 0 Å². The number of nitrogens with one attached hydrogen (secondary N) is 2. The zero-order valence-electron chi connectivity index (χ0n) is 12.3. The van der Waals surface area contributed by atoms with Crippen molar-refractivity contribution in [2.24, 2.45) is 4.99 Å². The van der Waals surface area contributed by atoms with Crippen molar-refractivity contribution in [3.05, 3.63) is 35.2 Å². The molecule has 0 bridgehead atoms. The Kier molecular flexibility index (Phi) is 4.70. The monoisotopic (exact) mass is 303 g/mol. The van der Waals surface area contributed by atoms with Crippen LogP contribution in [0.4, 0.5) is 0 Å². The Morgan fingerprint density at radius 1 is 1.19 bits per heavy atom. The van der Waals surface area contributed by atoms with E-state index >= 15 is 0 Å². The van der Waals surface area contributed by atoms with Crippen molar-refractivity contribution < 1.29 is 4.74 Å². The fourth-order valence-corrected chi connectivity index (χ4v) is 3.41. The summed E-state index contributed by atoms with van der Waals surface area (Å²) in [4.78, 5) is 4.79. The number of thioether (sulfide) groups is 1. The molecule has 0 spiro atoms. The molecule has 4 nitrogen and oxygen atoms in total. The van der Waals surface area contributed by atoms with Crippen molar-refractivity contribution >= 4 is 22.6 Å². The normalized spacial score (nSPS) is 21.4. The van der Waals surface area contributed by atoms with Gasteiger partial charge in [-0.05, 0) is 25.0 Å². The molecule has 21 heavy (non-hydrogen) atoms. The van der Waals surface area contributed by atoms with Gasteiger partial charge in [-0.25, -0.2) is 0 Å². The van der Waals surface area contributed by atoms with Gasteiger partial charge in [-0.2, -0.15) is 0 Å². The number of hydrogen-bond acceptors (Lipinski definition) is 4. The van der Waals surface area contributed by atoms with Crippen LogP contribution in [0.5, 0.6) is 5.75 Å². The van der Waals surface area contributed by atoms with Crippen LogP contribution in [-0.4, -0.2) is 18.3 Å². The molecule has 0 saturated heterocycles. The van der Waals surface area contributed by atoms with E-state index in [1.165, 1.54) is 32.1 Å².